The second kappa shape index (κ2) is 9.68. The first-order chi connectivity index (χ1) is 14.7. The summed E-state index contributed by atoms with van der Waals surface area (Å²) in [4.78, 5) is 17.1. The highest BCUT2D eigenvalue weighted by atomic mass is 16.5. The quantitative estimate of drug-likeness (QED) is 0.555. The number of carbonyl (C=O) groups excluding carboxylic acids is 1. The van der Waals surface area contributed by atoms with Crippen molar-refractivity contribution in [2.75, 3.05) is 11.9 Å². The number of ether oxygens (including phenoxy) is 1. The maximum atomic E-state index is 12.6. The maximum Gasteiger partial charge on any atom is 0.256 e. The minimum Gasteiger partial charge on any atom is -0.477 e. The third-order valence-corrected chi connectivity index (χ3v) is 4.36. The highest BCUT2D eigenvalue weighted by Gasteiger charge is 2.18. The summed E-state index contributed by atoms with van der Waals surface area (Å²) in [5.41, 5.74) is 1.21. The van der Waals surface area contributed by atoms with Gasteiger partial charge in [0, 0.05) is 23.6 Å². The number of nitrogens with one attached hydrogen (secondary N) is 1. The summed E-state index contributed by atoms with van der Waals surface area (Å²) < 4.78 is 10.9. The Morgan fingerprint density at radius 1 is 1.16 bits per heavy atom. The fourth-order valence-electron chi connectivity index (χ4n) is 2.75. The van der Waals surface area contributed by atoms with Gasteiger partial charge in [-0.1, -0.05) is 51.9 Å². The number of amides is 1. The van der Waals surface area contributed by atoms with E-state index >= 15 is 0 Å². The molecule has 0 aliphatic rings. The minimum absolute atomic E-state index is 0.0432. The first-order valence-electron chi connectivity index (χ1n) is 10.4. The number of nitrogens with zero attached hydrogens (tertiary/aromatic N) is 4. The average Bonchev–Trinajstić information content (AvgIpc) is 3.16. The van der Waals surface area contributed by atoms with Gasteiger partial charge in [0.15, 0.2) is 5.82 Å². The van der Waals surface area contributed by atoms with Gasteiger partial charge in [0.05, 0.1) is 6.61 Å². The maximum absolute atomic E-state index is 12.6. The molecule has 0 saturated heterocycles. The van der Waals surface area contributed by atoms with E-state index in [0.29, 0.717) is 53.5 Å². The topological polar surface area (TPSA) is 103 Å². The molecule has 1 aromatic carbocycles. The zero-order valence-electron chi connectivity index (χ0n) is 18.7. The zero-order chi connectivity index (χ0) is 22.4. The molecule has 8 nitrogen and oxygen atoms in total. The molecule has 0 radical (unpaired) electrons. The summed E-state index contributed by atoms with van der Waals surface area (Å²) in [6.07, 6.45) is 1.62. The van der Waals surface area contributed by atoms with Crippen LogP contribution in [-0.2, 0) is 6.42 Å². The summed E-state index contributed by atoms with van der Waals surface area (Å²) >= 11 is 0. The number of hydrogen-bond donors (Lipinski definition) is 1. The fourth-order valence-corrected chi connectivity index (χ4v) is 2.75. The lowest BCUT2D eigenvalue weighted by molar-refractivity contribution is 0.102. The molecule has 164 valence electrons. The van der Waals surface area contributed by atoms with Crippen molar-refractivity contribution < 1.29 is 14.1 Å². The molecule has 2 aromatic heterocycles. The van der Waals surface area contributed by atoms with Gasteiger partial charge in [-0.15, -0.1) is 10.2 Å². The van der Waals surface area contributed by atoms with Gasteiger partial charge in [0.2, 0.25) is 17.6 Å². The lowest BCUT2D eigenvalue weighted by Crippen LogP contribution is -2.13. The molecule has 0 atom stereocenters. The Morgan fingerprint density at radius 2 is 1.97 bits per heavy atom. The van der Waals surface area contributed by atoms with Gasteiger partial charge >= 0.3 is 0 Å². The van der Waals surface area contributed by atoms with Crippen LogP contribution < -0.4 is 10.1 Å². The minimum atomic E-state index is -0.303. The summed E-state index contributed by atoms with van der Waals surface area (Å²) in [5, 5.41) is 14.8. The molecule has 0 fully saturated rings. The number of anilines is 1. The molecular weight excluding hydrogens is 394 g/mol. The molecule has 0 aliphatic heterocycles. The standard InChI is InChI=1S/C23H29N5O3/c1-15(2)11-12-30-19-10-9-18(26-27-19)24-22(29)17-8-6-7-16(13-17)21-25-20(31-28-21)14-23(3,4)5/h6-10,13,15H,11-12,14H2,1-5H3,(H,24,26,29). The van der Waals surface area contributed by atoms with Gasteiger partial charge in [0.1, 0.15) is 0 Å². The Bertz CT molecular complexity index is 1010. The molecule has 3 rings (SSSR count). The molecule has 1 amide bonds. The van der Waals surface area contributed by atoms with Gasteiger partial charge in [-0.05, 0) is 36.0 Å². The van der Waals surface area contributed by atoms with Crippen LogP contribution in [0.1, 0.15) is 57.3 Å². The lowest BCUT2D eigenvalue weighted by Gasteiger charge is -2.13. The Labute approximate surface area is 182 Å². The smallest absolute Gasteiger partial charge is 0.256 e. The third kappa shape index (κ3) is 6.87. The van der Waals surface area contributed by atoms with E-state index in [1.165, 1.54) is 0 Å². The van der Waals surface area contributed by atoms with Gasteiger partial charge in [-0.2, -0.15) is 4.98 Å². The monoisotopic (exact) mass is 423 g/mol. The van der Waals surface area contributed by atoms with Crippen LogP contribution in [0.3, 0.4) is 0 Å². The van der Waals surface area contributed by atoms with Crippen LogP contribution in [0.5, 0.6) is 5.88 Å². The van der Waals surface area contributed by atoms with E-state index in [1.807, 2.05) is 6.07 Å². The zero-order valence-corrected chi connectivity index (χ0v) is 18.7. The van der Waals surface area contributed by atoms with E-state index in [2.05, 4.69) is 60.3 Å². The molecule has 2 heterocycles. The SMILES string of the molecule is CC(C)CCOc1ccc(NC(=O)c2cccc(-c3noc(CC(C)(C)C)n3)c2)nn1. The van der Waals surface area contributed by atoms with Crippen LogP contribution in [0, 0.1) is 11.3 Å². The van der Waals surface area contributed by atoms with Gasteiger partial charge < -0.3 is 14.6 Å². The summed E-state index contributed by atoms with van der Waals surface area (Å²) in [7, 11) is 0. The summed E-state index contributed by atoms with van der Waals surface area (Å²) in [6, 6.07) is 10.4. The summed E-state index contributed by atoms with van der Waals surface area (Å²) in [5.74, 6) is 2.06. The number of benzene rings is 1. The number of aromatic nitrogens is 4. The Morgan fingerprint density at radius 3 is 2.65 bits per heavy atom. The van der Waals surface area contributed by atoms with Crippen molar-refractivity contribution in [1.29, 1.82) is 0 Å². The van der Waals surface area contributed by atoms with Crippen molar-refractivity contribution in [3.8, 4) is 17.3 Å². The third-order valence-electron chi connectivity index (χ3n) is 4.36. The van der Waals surface area contributed by atoms with Crippen molar-refractivity contribution in [1.82, 2.24) is 20.3 Å². The van der Waals surface area contributed by atoms with Crippen LogP contribution in [0.15, 0.2) is 40.9 Å². The van der Waals surface area contributed by atoms with Gasteiger partial charge in [-0.3, -0.25) is 4.79 Å². The second-order valence-corrected chi connectivity index (χ2v) is 9.07. The predicted molar refractivity (Wildman–Crippen MR) is 118 cm³/mol. The van der Waals surface area contributed by atoms with Gasteiger partial charge in [0.25, 0.3) is 5.91 Å². The molecule has 0 unspecified atom stereocenters. The summed E-state index contributed by atoms with van der Waals surface area (Å²) in [6.45, 7) is 11.2. The Kier molecular flexibility index (Phi) is 6.99. The molecular formula is C23H29N5O3. The van der Waals surface area contributed by atoms with E-state index < -0.39 is 0 Å². The van der Waals surface area contributed by atoms with Crippen LogP contribution in [-0.4, -0.2) is 32.9 Å². The fraction of sp³-hybridized carbons (Fsp3) is 0.435. The Balaban J connectivity index is 1.64. The molecule has 31 heavy (non-hydrogen) atoms. The van der Waals surface area contributed by atoms with E-state index in [9.17, 15) is 4.79 Å². The van der Waals surface area contributed by atoms with Gasteiger partial charge in [-0.25, -0.2) is 0 Å². The van der Waals surface area contributed by atoms with Crippen LogP contribution >= 0.6 is 0 Å². The van der Waals surface area contributed by atoms with Crippen molar-refractivity contribution in [2.45, 2.75) is 47.5 Å². The molecule has 1 N–H and O–H groups in total. The second-order valence-electron chi connectivity index (χ2n) is 9.07. The number of rotatable bonds is 8. The number of hydrogen-bond acceptors (Lipinski definition) is 7. The predicted octanol–water partition coefficient (Wildman–Crippen LogP) is 4.79. The lowest BCUT2D eigenvalue weighted by atomic mass is 9.92. The molecule has 0 aliphatic carbocycles. The largest absolute Gasteiger partial charge is 0.477 e. The number of carbonyl (C=O) groups is 1. The van der Waals surface area contributed by atoms with E-state index in [-0.39, 0.29) is 11.3 Å². The molecule has 0 spiro atoms. The average molecular weight is 424 g/mol. The van der Waals surface area contributed by atoms with Crippen molar-refractivity contribution in [3.05, 3.63) is 47.9 Å². The molecule has 0 saturated carbocycles. The first-order valence-corrected chi connectivity index (χ1v) is 10.4. The molecule has 3 aromatic rings. The normalized spacial score (nSPS) is 11.5. The van der Waals surface area contributed by atoms with Crippen molar-refractivity contribution >= 4 is 11.7 Å². The highest BCUT2D eigenvalue weighted by Crippen LogP contribution is 2.23. The van der Waals surface area contributed by atoms with Crippen LogP contribution in [0.4, 0.5) is 5.82 Å². The van der Waals surface area contributed by atoms with E-state index in [4.69, 9.17) is 9.26 Å². The first kappa shape index (κ1) is 22.4. The highest BCUT2D eigenvalue weighted by molar-refractivity contribution is 6.04. The van der Waals surface area contributed by atoms with Crippen LogP contribution in [0.25, 0.3) is 11.4 Å². The van der Waals surface area contributed by atoms with Crippen molar-refractivity contribution in [3.63, 3.8) is 0 Å². The molecule has 0 bridgehead atoms. The Hall–Kier alpha value is -3.29. The van der Waals surface area contributed by atoms with E-state index in [1.54, 1.807) is 30.3 Å². The van der Waals surface area contributed by atoms with Crippen molar-refractivity contribution in [2.24, 2.45) is 11.3 Å². The van der Waals surface area contributed by atoms with Crippen LogP contribution in [0.2, 0.25) is 0 Å². The molecule has 8 heteroatoms. The van der Waals surface area contributed by atoms with E-state index in [0.717, 1.165) is 6.42 Å².